The third-order valence-corrected chi connectivity index (χ3v) is 3.93. The molecular weight excluding hydrogens is 240 g/mol. The average molecular weight is 264 g/mol. The van der Waals surface area contributed by atoms with Crippen LogP contribution in [0.5, 0.6) is 0 Å². The van der Waals surface area contributed by atoms with Gasteiger partial charge >= 0.3 is 0 Å². The Kier molecular flexibility index (Phi) is 4.62. The zero-order valence-electron chi connectivity index (χ0n) is 12.5. The minimum absolute atomic E-state index is 0.0350. The SMILES string of the molecule is C#CC(CC)N1C(=O)C(C)(CC)NC(=O)C1C(C)C. The first-order valence-corrected chi connectivity index (χ1v) is 6.93. The third kappa shape index (κ3) is 2.60. The summed E-state index contributed by atoms with van der Waals surface area (Å²) >= 11 is 0. The predicted molar refractivity (Wildman–Crippen MR) is 75.2 cm³/mol. The standard InChI is InChI=1S/C15H24N2O2/c1-7-11(8-2)17-12(10(4)5)13(18)16-15(6,9-3)14(17)19/h1,10-12H,8-9H2,2-6H3,(H,16,18). The van der Waals surface area contributed by atoms with E-state index in [1.165, 1.54) is 0 Å². The van der Waals surface area contributed by atoms with Gasteiger partial charge in [0.15, 0.2) is 0 Å². The van der Waals surface area contributed by atoms with Crippen LogP contribution in [0.15, 0.2) is 0 Å². The van der Waals surface area contributed by atoms with Gasteiger partial charge in [0.2, 0.25) is 11.8 Å². The summed E-state index contributed by atoms with van der Waals surface area (Å²) in [5, 5.41) is 2.86. The highest BCUT2D eigenvalue weighted by atomic mass is 16.2. The number of rotatable bonds is 4. The Morgan fingerprint density at radius 2 is 2.00 bits per heavy atom. The van der Waals surface area contributed by atoms with Crippen LogP contribution in [0.1, 0.15) is 47.5 Å². The van der Waals surface area contributed by atoms with Crippen LogP contribution in [0.3, 0.4) is 0 Å². The molecule has 0 radical (unpaired) electrons. The van der Waals surface area contributed by atoms with Gasteiger partial charge in [0, 0.05) is 0 Å². The van der Waals surface area contributed by atoms with E-state index in [2.05, 4.69) is 11.2 Å². The van der Waals surface area contributed by atoms with E-state index in [-0.39, 0.29) is 23.8 Å². The minimum atomic E-state index is -0.841. The van der Waals surface area contributed by atoms with Crippen LogP contribution in [-0.2, 0) is 9.59 Å². The van der Waals surface area contributed by atoms with Gasteiger partial charge in [-0.05, 0) is 25.7 Å². The lowest BCUT2D eigenvalue weighted by Crippen LogP contribution is -2.71. The molecule has 0 aromatic rings. The van der Waals surface area contributed by atoms with E-state index in [0.29, 0.717) is 12.8 Å². The first kappa shape index (κ1) is 15.6. The van der Waals surface area contributed by atoms with Crippen molar-refractivity contribution in [1.29, 1.82) is 0 Å². The number of carbonyl (C=O) groups is 2. The molecule has 3 atom stereocenters. The number of nitrogens with zero attached hydrogens (tertiary/aromatic N) is 1. The summed E-state index contributed by atoms with van der Waals surface area (Å²) in [5.74, 6) is 2.50. The summed E-state index contributed by atoms with van der Waals surface area (Å²) in [6.45, 7) is 9.46. The van der Waals surface area contributed by atoms with E-state index in [9.17, 15) is 9.59 Å². The second kappa shape index (κ2) is 5.64. The lowest BCUT2D eigenvalue weighted by Gasteiger charge is -2.47. The Morgan fingerprint density at radius 3 is 2.37 bits per heavy atom. The highest BCUT2D eigenvalue weighted by Crippen LogP contribution is 2.27. The van der Waals surface area contributed by atoms with Crippen molar-refractivity contribution in [2.75, 3.05) is 0 Å². The Labute approximate surface area is 115 Å². The third-order valence-electron chi connectivity index (χ3n) is 3.93. The number of hydrogen-bond acceptors (Lipinski definition) is 2. The average Bonchev–Trinajstić information content (AvgIpc) is 2.36. The molecule has 106 valence electrons. The highest BCUT2D eigenvalue weighted by molar-refractivity contribution is 6.00. The van der Waals surface area contributed by atoms with Crippen molar-refractivity contribution in [2.24, 2.45) is 5.92 Å². The molecular formula is C15H24N2O2. The van der Waals surface area contributed by atoms with Gasteiger partial charge in [-0.25, -0.2) is 0 Å². The minimum Gasteiger partial charge on any atom is -0.340 e. The Bertz CT molecular complexity index is 411. The molecule has 1 aliphatic rings. The monoisotopic (exact) mass is 264 g/mol. The van der Waals surface area contributed by atoms with Crippen LogP contribution in [0.4, 0.5) is 0 Å². The van der Waals surface area contributed by atoms with E-state index in [0.717, 1.165) is 0 Å². The molecule has 3 unspecified atom stereocenters. The number of carbonyl (C=O) groups excluding carboxylic acids is 2. The number of terminal acetylenes is 1. The van der Waals surface area contributed by atoms with Gasteiger partial charge < -0.3 is 10.2 Å². The smallest absolute Gasteiger partial charge is 0.249 e. The maximum absolute atomic E-state index is 12.7. The van der Waals surface area contributed by atoms with E-state index in [4.69, 9.17) is 6.42 Å². The Morgan fingerprint density at radius 1 is 1.42 bits per heavy atom. The predicted octanol–water partition coefficient (Wildman–Crippen LogP) is 1.55. The number of hydrogen-bond donors (Lipinski definition) is 1. The summed E-state index contributed by atoms with van der Waals surface area (Å²) in [5.41, 5.74) is -0.841. The largest absolute Gasteiger partial charge is 0.340 e. The van der Waals surface area contributed by atoms with Crippen molar-refractivity contribution in [3.8, 4) is 12.3 Å². The molecule has 1 heterocycles. The maximum Gasteiger partial charge on any atom is 0.249 e. The Hall–Kier alpha value is -1.50. The first-order chi connectivity index (χ1) is 8.82. The molecule has 19 heavy (non-hydrogen) atoms. The van der Waals surface area contributed by atoms with Crippen molar-refractivity contribution >= 4 is 11.8 Å². The van der Waals surface area contributed by atoms with Gasteiger partial charge in [-0.3, -0.25) is 9.59 Å². The van der Waals surface area contributed by atoms with Gasteiger partial charge in [-0.1, -0.05) is 33.6 Å². The summed E-state index contributed by atoms with van der Waals surface area (Å²) in [6.07, 6.45) is 6.75. The fraction of sp³-hybridized carbons (Fsp3) is 0.733. The first-order valence-electron chi connectivity index (χ1n) is 6.93. The molecule has 2 amide bonds. The molecule has 4 heteroatoms. The molecule has 1 rings (SSSR count). The van der Waals surface area contributed by atoms with Gasteiger partial charge in [0.25, 0.3) is 0 Å². The van der Waals surface area contributed by atoms with Gasteiger partial charge in [0.05, 0.1) is 6.04 Å². The molecule has 1 saturated heterocycles. The van der Waals surface area contributed by atoms with Crippen LogP contribution in [0, 0.1) is 18.3 Å². The summed E-state index contributed by atoms with van der Waals surface area (Å²) in [4.78, 5) is 26.7. The fourth-order valence-electron chi connectivity index (χ4n) is 2.53. The van der Waals surface area contributed by atoms with E-state index in [1.54, 1.807) is 11.8 Å². The van der Waals surface area contributed by atoms with E-state index in [1.807, 2.05) is 27.7 Å². The van der Waals surface area contributed by atoms with E-state index >= 15 is 0 Å². The molecule has 0 aromatic heterocycles. The molecule has 0 saturated carbocycles. The molecule has 0 aliphatic carbocycles. The lowest BCUT2D eigenvalue weighted by molar-refractivity contribution is -0.158. The Balaban J connectivity index is 3.26. The fourth-order valence-corrected chi connectivity index (χ4v) is 2.53. The van der Waals surface area contributed by atoms with Crippen LogP contribution in [0.25, 0.3) is 0 Å². The van der Waals surface area contributed by atoms with Crippen LogP contribution in [0.2, 0.25) is 0 Å². The van der Waals surface area contributed by atoms with Crippen molar-refractivity contribution in [3.05, 3.63) is 0 Å². The summed E-state index contributed by atoms with van der Waals surface area (Å²) in [7, 11) is 0. The van der Waals surface area contributed by atoms with Crippen LogP contribution < -0.4 is 5.32 Å². The van der Waals surface area contributed by atoms with Crippen LogP contribution >= 0.6 is 0 Å². The second-order valence-corrected chi connectivity index (χ2v) is 5.67. The zero-order valence-corrected chi connectivity index (χ0v) is 12.5. The molecule has 1 aliphatic heterocycles. The molecule has 1 fully saturated rings. The number of nitrogens with one attached hydrogen (secondary N) is 1. The van der Waals surface area contributed by atoms with Gasteiger partial charge in [0.1, 0.15) is 11.6 Å². The normalized spacial score (nSPS) is 29.1. The second-order valence-electron chi connectivity index (χ2n) is 5.67. The van der Waals surface area contributed by atoms with Crippen molar-refractivity contribution in [3.63, 3.8) is 0 Å². The molecule has 0 spiro atoms. The molecule has 4 nitrogen and oxygen atoms in total. The highest BCUT2D eigenvalue weighted by Gasteiger charge is 2.49. The van der Waals surface area contributed by atoms with Gasteiger partial charge in [-0.15, -0.1) is 6.42 Å². The quantitative estimate of drug-likeness (QED) is 0.783. The van der Waals surface area contributed by atoms with Crippen LogP contribution in [-0.4, -0.2) is 34.3 Å². The zero-order chi connectivity index (χ0) is 14.8. The van der Waals surface area contributed by atoms with Crippen molar-refractivity contribution in [2.45, 2.75) is 65.1 Å². The molecule has 0 bridgehead atoms. The molecule has 1 N–H and O–H groups in total. The summed E-state index contributed by atoms with van der Waals surface area (Å²) < 4.78 is 0. The van der Waals surface area contributed by atoms with E-state index < -0.39 is 11.6 Å². The number of amides is 2. The lowest BCUT2D eigenvalue weighted by atomic mass is 9.87. The maximum atomic E-state index is 12.7. The van der Waals surface area contributed by atoms with Crippen molar-refractivity contribution < 1.29 is 9.59 Å². The van der Waals surface area contributed by atoms with Gasteiger partial charge in [-0.2, -0.15) is 0 Å². The topological polar surface area (TPSA) is 49.4 Å². The number of piperazine rings is 1. The molecule has 0 aromatic carbocycles. The van der Waals surface area contributed by atoms with Crippen molar-refractivity contribution in [1.82, 2.24) is 10.2 Å². The summed E-state index contributed by atoms with van der Waals surface area (Å²) in [6, 6.07) is -0.801.